The fourth-order valence-electron chi connectivity index (χ4n) is 3.94. The highest BCUT2D eigenvalue weighted by Gasteiger charge is 2.50. The molecule has 7 nitrogen and oxygen atoms in total. The van der Waals surface area contributed by atoms with Crippen LogP contribution in [0, 0.1) is 0 Å². The van der Waals surface area contributed by atoms with E-state index in [0.717, 1.165) is 37.0 Å². The predicted octanol–water partition coefficient (Wildman–Crippen LogP) is 2.54. The lowest BCUT2D eigenvalue weighted by atomic mass is 9.84. The molecule has 0 radical (unpaired) electrons. The van der Waals surface area contributed by atoms with Gasteiger partial charge in [-0.1, -0.05) is 5.16 Å². The first-order valence-electron chi connectivity index (χ1n) is 9.61. The summed E-state index contributed by atoms with van der Waals surface area (Å²) in [4.78, 5) is 18.4. The minimum atomic E-state index is -0.278. The molecule has 1 saturated carbocycles. The topological polar surface area (TPSA) is 77.7 Å². The standard InChI is InChI=1S/C20H23N3O4/c24-19(17-9-18(27-22-17)15-1-2-15)23-12-20(13-23)10-16(5-8-26-20)25-11-14-3-6-21-7-4-14/h3-4,6-7,9,15-16H,1-2,5,8,10-13H2/t16-/m0/s1. The zero-order chi connectivity index (χ0) is 18.3. The van der Waals surface area contributed by atoms with Crippen LogP contribution in [0.4, 0.5) is 0 Å². The Balaban J connectivity index is 1.15. The van der Waals surface area contributed by atoms with E-state index in [-0.39, 0.29) is 17.6 Å². The van der Waals surface area contributed by atoms with E-state index in [1.165, 1.54) is 0 Å². The first-order chi connectivity index (χ1) is 13.2. The Labute approximate surface area is 157 Å². The maximum Gasteiger partial charge on any atom is 0.276 e. The van der Waals surface area contributed by atoms with Gasteiger partial charge in [0.05, 0.1) is 25.8 Å². The number of rotatable bonds is 5. The molecule has 3 aliphatic rings. The molecule has 0 unspecified atom stereocenters. The molecule has 5 rings (SSSR count). The number of ether oxygens (including phenoxy) is 2. The van der Waals surface area contributed by atoms with Gasteiger partial charge in [-0.3, -0.25) is 9.78 Å². The molecule has 0 N–H and O–H groups in total. The lowest BCUT2D eigenvalue weighted by Crippen LogP contribution is -2.67. The summed E-state index contributed by atoms with van der Waals surface area (Å²) in [6, 6.07) is 5.73. The smallest absolute Gasteiger partial charge is 0.276 e. The second-order valence-electron chi connectivity index (χ2n) is 7.86. The van der Waals surface area contributed by atoms with E-state index in [0.29, 0.717) is 37.9 Å². The van der Waals surface area contributed by atoms with Crippen molar-refractivity contribution in [1.29, 1.82) is 0 Å². The van der Waals surface area contributed by atoms with Crippen molar-refractivity contribution >= 4 is 5.91 Å². The SMILES string of the molecule is O=C(c1cc(C2CC2)on1)N1CC2(C[C@@H](OCc3ccncc3)CCO2)C1. The first-order valence-corrected chi connectivity index (χ1v) is 9.61. The number of likely N-dealkylation sites (tertiary alicyclic amines) is 1. The van der Waals surface area contributed by atoms with Crippen LogP contribution in [-0.4, -0.2) is 52.3 Å². The number of hydrogen-bond acceptors (Lipinski definition) is 6. The highest BCUT2D eigenvalue weighted by molar-refractivity contribution is 5.93. The Morgan fingerprint density at radius 2 is 2.07 bits per heavy atom. The summed E-state index contributed by atoms with van der Waals surface area (Å²) in [5, 5.41) is 3.95. The molecule has 7 heteroatoms. The number of carbonyl (C=O) groups excluding carboxylic acids is 1. The highest BCUT2D eigenvalue weighted by Crippen LogP contribution is 2.41. The Kier molecular flexibility index (Phi) is 4.21. The van der Waals surface area contributed by atoms with E-state index < -0.39 is 0 Å². The lowest BCUT2D eigenvalue weighted by molar-refractivity contribution is -0.188. The van der Waals surface area contributed by atoms with Gasteiger partial charge in [-0.2, -0.15) is 0 Å². The van der Waals surface area contributed by atoms with Crippen molar-refractivity contribution in [2.24, 2.45) is 0 Å². The van der Waals surface area contributed by atoms with Gasteiger partial charge in [0.2, 0.25) is 0 Å². The van der Waals surface area contributed by atoms with Crippen LogP contribution in [0.3, 0.4) is 0 Å². The second-order valence-corrected chi connectivity index (χ2v) is 7.86. The average Bonchev–Trinajstić information content (AvgIpc) is 3.42. The number of nitrogens with zero attached hydrogens (tertiary/aromatic N) is 3. The summed E-state index contributed by atoms with van der Waals surface area (Å²) in [7, 11) is 0. The normalized spacial score (nSPS) is 24.0. The zero-order valence-corrected chi connectivity index (χ0v) is 15.2. The molecule has 4 heterocycles. The van der Waals surface area contributed by atoms with Gasteiger partial charge in [0, 0.05) is 37.4 Å². The number of pyridine rings is 1. The molecule has 1 amide bonds. The number of carbonyl (C=O) groups is 1. The van der Waals surface area contributed by atoms with Gasteiger partial charge >= 0.3 is 0 Å². The van der Waals surface area contributed by atoms with E-state index in [4.69, 9.17) is 14.0 Å². The molecule has 0 bridgehead atoms. The third-order valence-electron chi connectivity index (χ3n) is 5.66. The molecule has 1 spiro atoms. The molecule has 0 aromatic carbocycles. The van der Waals surface area contributed by atoms with Gasteiger partial charge in [-0.25, -0.2) is 0 Å². The van der Waals surface area contributed by atoms with Gasteiger partial charge in [-0.15, -0.1) is 0 Å². The monoisotopic (exact) mass is 369 g/mol. The van der Waals surface area contributed by atoms with Crippen LogP contribution in [0.2, 0.25) is 0 Å². The molecule has 2 saturated heterocycles. The number of amides is 1. The summed E-state index contributed by atoms with van der Waals surface area (Å²) in [5.41, 5.74) is 1.25. The molecule has 27 heavy (non-hydrogen) atoms. The van der Waals surface area contributed by atoms with Crippen LogP contribution >= 0.6 is 0 Å². The molecule has 2 aromatic rings. The van der Waals surface area contributed by atoms with Crippen molar-refractivity contribution in [3.05, 3.63) is 47.6 Å². The van der Waals surface area contributed by atoms with Crippen LogP contribution in [0.25, 0.3) is 0 Å². The maximum absolute atomic E-state index is 12.6. The predicted molar refractivity (Wildman–Crippen MR) is 95.1 cm³/mol. The zero-order valence-electron chi connectivity index (χ0n) is 15.2. The molecular formula is C20H23N3O4. The molecule has 1 aliphatic carbocycles. The van der Waals surface area contributed by atoms with E-state index in [2.05, 4.69) is 10.1 Å². The van der Waals surface area contributed by atoms with Crippen molar-refractivity contribution < 1.29 is 18.8 Å². The molecule has 2 aliphatic heterocycles. The van der Waals surface area contributed by atoms with Gasteiger partial charge < -0.3 is 18.9 Å². The summed E-state index contributed by atoms with van der Waals surface area (Å²) in [6.07, 6.45) is 7.66. The summed E-state index contributed by atoms with van der Waals surface area (Å²) in [6.45, 7) is 2.42. The highest BCUT2D eigenvalue weighted by atomic mass is 16.5. The van der Waals surface area contributed by atoms with Gasteiger partial charge in [0.1, 0.15) is 11.4 Å². The first kappa shape index (κ1) is 16.9. The van der Waals surface area contributed by atoms with Crippen LogP contribution < -0.4 is 0 Å². The van der Waals surface area contributed by atoms with Gasteiger partial charge in [0.15, 0.2) is 5.69 Å². The van der Waals surface area contributed by atoms with Gasteiger partial charge in [-0.05, 0) is 37.0 Å². The van der Waals surface area contributed by atoms with Crippen molar-refractivity contribution in [3.8, 4) is 0 Å². The maximum atomic E-state index is 12.6. The fraction of sp³-hybridized carbons (Fsp3) is 0.550. The van der Waals surface area contributed by atoms with Crippen molar-refractivity contribution in [2.45, 2.75) is 49.9 Å². The fourth-order valence-corrected chi connectivity index (χ4v) is 3.94. The molecule has 1 atom stereocenters. The number of aromatic nitrogens is 2. The van der Waals surface area contributed by atoms with Gasteiger partial charge in [0.25, 0.3) is 5.91 Å². The Bertz CT molecular complexity index is 812. The van der Waals surface area contributed by atoms with E-state index in [9.17, 15) is 4.79 Å². The number of hydrogen-bond donors (Lipinski definition) is 0. The van der Waals surface area contributed by atoms with E-state index in [1.54, 1.807) is 23.4 Å². The third-order valence-corrected chi connectivity index (χ3v) is 5.66. The Morgan fingerprint density at radius 1 is 1.26 bits per heavy atom. The summed E-state index contributed by atoms with van der Waals surface area (Å²) >= 11 is 0. The molecular weight excluding hydrogens is 346 g/mol. The molecule has 3 fully saturated rings. The third kappa shape index (κ3) is 3.49. The summed E-state index contributed by atoms with van der Waals surface area (Å²) in [5.74, 6) is 1.23. The Morgan fingerprint density at radius 3 is 2.85 bits per heavy atom. The van der Waals surface area contributed by atoms with Crippen LogP contribution in [0.15, 0.2) is 35.1 Å². The van der Waals surface area contributed by atoms with Crippen LogP contribution in [0.5, 0.6) is 0 Å². The Hall–Kier alpha value is -2.25. The molecule has 142 valence electrons. The molecule has 2 aromatic heterocycles. The van der Waals surface area contributed by atoms with Crippen molar-refractivity contribution in [1.82, 2.24) is 15.0 Å². The minimum Gasteiger partial charge on any atom is -0.373 e. The van der Waals surface area contributed by atoms with Crippen LogP contribution in [-0.2, 0) is 16.1 Å². The minimum absolute atomic E-state index is 0.0697. The summed E-state index contributed by atoms with van der Waals surface area (Å²) < 4.78 is 17.4. The van der Waals surface area contributed by atoms with E-state index >= 15 is 0 Å². The average molecular weight is 369 g/mol. The van der Waals surface area contributed by atoms with Crippen molar-refractivity contribution in [3.63, 3.8) is 0 Å². The quantitative estimate of drug-likeness (QED) is 0.806. The van der Waals surface area contributed by atoms with Crippen LogP contribution in [0.1, 0.15) is 53.4 Å². The lowest BCUT2D eigenvalue weighted by Gasteiger charge is -2.52. The van der Waals surface area contributed by atoms with Crippen molar-refractivity contribution in [2.75, 3.05) is 19.7 Å². The van der Waals surface area contributed by atoms with E-state index in [1.807, 2.05) is 12.1 Å². The largest absolute Gasteiger partial charge is 0.373 e. The second kappa shape index (κ2) is 6.73.